The molecule has 10 nitrogen and oxygen atoms in total. The molecule has 2 heterocycles. The molecule has 1 saturated carbocycles. The Hall–Kier alpha value is -3.80. The number of esters is 1. The van der Waals surface area contributed by atoms with E-state index in [1.54, 1.807) is 25.1 Å². The fraction of sp³-hybridized carbons (Fsp3) is 0.419. The molecule has 1 aliphatic heterocycles. The number of nitrogens with zero attached hydrogens (tertiary/aromatic N) is 4. The molecule has 2 fully saturated rings. The van der Waals surface area contributed by atoms with Crippen LogP contribution < -0.4 is 15.4 Å². The number of carbonyl (C=O) groups is 2. The van der Waals surface area contributed by atoms with Gasteiger partial charge in [0.1, 0.15) is 23.7 Å². The Labute approximate surface area is 255 Å². The quantitative estimate of drug-likeness (QED) is 0.204. The molecule has 43 heavy (non-hydrogen) atoms. The van der Waals surface area contributed by atoms with Gasteiger partial charge in [-0.1, -0.05) is 30.5 Å². The number of piperazine rings is 1. The molecule has 1 saturated heterocycles. The van der Waals surface area contributed by atoms with Crippen molar-refractivity contribution in [2.24, 2.45) is 5.92 Å². The van der Waals surface area contributed by atoms with E-state index in [0.717, 1.165) is 32.6 Å². The van der Waals surface area contributed by atoms with Crippen LogP contribution in [-0.4, -0.2) is 84.1 Å². The standard InChI is InChI=1S/C31H36ClFN6O4/c1-2-42-30(41)19-39-13-11-38(12-14-39)10-3-4-29(40)37-27-17-23-26(18-28(27)43-15-9-21-5-6-21)34-20-35-31(23)36-22-7-8-25(33)24(32)16-22/h3-4,7-8,16-18,20-21H,2,5-6,9-15,19H2,1H3,(H,37,40)(H,34,35,36)/b4-3+. The summed E-state index contributed by atoms with van der Waals surface area (Å²) in [4.78, 5) is 37.8. The molecular formula is C31H36ClFN6O4. The maximum Gasteiger partial charge on any atom is 0.320 e. The Morgan fingerprint density at radius 2 is 1.91 bits per heavy atom. The lowest BCUT2D eigenvalue weighted by Crippen LogP contribution is -2.48. The molecule has 12 heteroatoms. The fourth-order valence-corrected chi connectivity index (χ4v) is 5.04. The Bertz CT molecular complexity index is 1480. The first-order chi connectivity index (χ1) is 20.9. The van der Waals surface area contributed by atoms with Crippen molar-refractivity contribution in [3.05, 3.63) is 59.7 Å². The van der Waals surface area contributed by atoms with Gasteiger partial charge in [0.05, 0.1) is 36.0 Å². The van der Waals surface area contributed by atoms with Crippen molar-refractivity contribution in [1.82, 2.24) is 19.8 Å². The number of nitrogens with one attached hydrogen (secondary N) is 2. The Kier molecular flexibility index (Phi) is 10.4. The van der Waals surface area contributed by atoms with Crippen LogP contribution in [0.5, 0.6) is 5.75 Å². The van der Waals surface area contributed by atoms with Gasteiger partial charge in [0, 0.05) is 55.9 Å². The van der Waals surface area contributed by atoms with Crippen LogP contribution in [-0.2, 0) is 14.3 Å². The lowest BCUT2D eigenvalue weighted by Gasteiger charge is -2.33. The van der Waals surface area contributed by atoms with Crippen molar-refractivity contribution in [3.8, 4) is 5.75 Å². The van der Waals surface area contributed by atoms with E-state index in [2.05, 4.69) is 30.4 Å². The van der Waals surface area contributed by atoms with Gasteiger partial charge < -0.3 is 20.1 Å². The van der Waals surface area contributed by atoms with Crippen LogP contribution in [0.25, 0.3) is 10.9 Å². The molecule has 1 aliphatic carbocycles. The molecule has 2 N–H and O–H groups in total. The number of hydrogen-bond donors (Lipinski definition) is 2. The summed E-state index contributed by atoms with van der Waals surface area (Å²) in [6.45, 7) is 6.77. The SMILES string of the molecule is CCOC(=O)CN1CCN(C/C=C/C(=O)Nc2cc3c(Nc4ccc(F)c(Cl)c4)ncnc3cc2OCCC2CC2)CC1. The second kappa shape index (κ2) is 14.6. The highest BCUT2D eigenvalue weighted by molar-refractivity contribution is 6.31. The van der Waals surface area contributed by atoms with Crippen LogP contribution in [0.4, 0.5) is 21.6 Å². The number of ether oxygens (including phenoxy) is 2. The maximum atomic E-state index is 13.7. The van der Waals surface area contributed by atoms with Crippen LogP contribution in [0, 0.1) is 11.7 Å². The van der Waals surface area contributed by atoms with Gasteiger partial charge in [-0.25, -0.2) is 14.4 Å². The lowest BCUT2D eigenvalue weighted by atomic mass is 10.1. The number of fused-ring (bicyclic) bond motifs is 1. The van der Waals surface area contributed by atoms with Gasteiger partial charge >= 0.3 is 5.97 Å². The third-order valence-corrected chi connectivity index (χ3v) is 7.70. The zero-order valence-electron chi connectivity index (χ0n) is 24.2. The van der Waals surface area contributed by atoms with E-state index < -0.39 is 5.82 Å². The third kappa shape index (κ3) is 8.85. The highest BCUT2D eigenvalue weighted by Crippen LogP contribution is 2.36. The Balaban J connectivity index is 1.25. The van der Waals surface area contributed by atoms with Crippen molar-refractivity contribution in [2.45, 2.75) is 26.2 Å². The van der Waals surface area contributed by atoms with Crippen LogP contribution in [0.15, 0.2) is 48.8 Å². The molecule has 2 aliphatic rings. The zero-order valence-corrected chi connectivity index (χ0v) is 24.9. The molecule has 0 bridgehead atoms. The van der Waals surface area contributed by atoms with Crippen molar-refractivity contribution in [3.63, 3.8) is 0 Å². The molecule has 0 spiro atoms. The first kappa shape index (κ1) is 30.7. The summed E-state index contributed by atoms with van der Waals surface area (Å²) in [6.07, 6.45) is 8.20. The minimum absolute atomic E-state index is 0.00648. The second-order valence-corrected chi connectivity index (χ2v) is 11.1. The molecule has 0 atom stereocenters. The van der Waals surface area contributed by atoms with Crippen molar-refractivity contribution < 1.29 is 23.5 Å². The van der Waals surface area contributed by atoms with Crippen molar-refractivity contribution in [1.29, 1.82) is 0 Å². The number of aromatic nitrogens is 2. The molecule has 2 aromatic carbocycles. The summed E-state index contributed by atoms with van der Waals surface area (Å²) < 4.78 is 24.8. The number of rotatable bonds is 13. The predicted molar refractivity (Wildman–Crippen MR) is 164 cm³/mol. The van der Waals surface area contributed by atoms with E-state index in [1.165, 1.54) is 37.4 Å². The predicted octanol–water partition coefficient (Wildman–Crippen LogP) is 5.02. The van der Waals surface area contributed by atoms with Crippen molar-refractivity contribution in [2.75, 3.05) is 63.1 Å². The summed E-state index contributed by atoms with van der Waals surface area (Å²) in [6, 6.07) is 7.90. The van der Waals surface area contributed by atoms with Crippen LogP contribution in [0.1, 0.15) is 26.2 Å². The number of hydrogen-bond acceptors (Lipinski definition) is 9. The highest BCUT2D eigenvalue weighted by Gasteiger charge is 2.22. The molecule has 0 unspecified atom stereocenters. The molecule has 228 valence electrons. The number of halogens is 2. The topological polar surface area (TPSA) is 109 Å². The molecular weight excluding hydrogens is 575 g/mol. The summed E-state index contributed by atoms with van der Waals surface area (Å²) in [7, 11) is 0. The van der Waals surface area contributed by atoms with E-state index >= 15 is 0 Å². The summed E-state index contributed by atoms with van der Waals surface area (Å²) in [5.74, 6) is 0.707. The highest BCUT2D eigenvalue weighted by atomic mass is 35.5. The number of benzene rings is 2. The summed E-state index contributed by atoms with van der Waals surface area (Å²) in [5.41, 5.74) is 1.69. The number of carbonyl (C=O) groups excluding carboxylic acids is 2. The first-order valence-electron chi connectivity index (χ1n) is 14.6. The van der Waals surface area contributed by atoms with Gasteiger partial charge in [0.25, 0.3) is 0 Å². The van der Waals surface area contributed by atoms with Gasteiger partial charge in [0.15, 0.2) is 0 Å². The molecule has 0 radical (unpaired) electrons. The van der Waals surface area contributed by atoms with Gasteiger partial charge in [-0.3, -0.25) is 19.4 Å². The van der Waals surface area contributed by atoms with Gasteiger partial charge in [-0.05, 0) is 43.5 Å². The average molecular weight is 611 g/mol. The minimum Gasteiger partial charge on any atom is -0.491 e. The largest absolute Gasteiger partial charge is 0.491 e. The van der Waals surface area contributed by atoms with Crippen LogP contribution >= 0.6 is 11.6 Å². The Morgan fingerprint density at radius 1 is 1.12 bits per heavy atom. The van der Waals surface area contributed by atoms with Gasteiger partial charge in [0.2, 0.25) is 5.91 Å². The van der Waals surface area contributed by atoms with Crippen molar-refractivity contribution >= 4 is 51.6 Å². The zero-order chi connectivity index (χ0) is 30.2. The number of amides is 1. The second-order valence-electron chi connectivity index (χ2n) is 10.7. The lowest BCUT2D eigenvalue weighted by molar-refractivity contribution is -0.144. The molecule has 5 rings (SSSR count). The van der Waals surface area contributed by atoms with Gasteiger partial charge in [-0.15, -0.1) is 0 Å². The van der Waals surface area contributed by atoms with E-state index in [0.29, 0.717) is 66.1 Å². The monoisotopic (exact) mass is 610 g/mol. The average Bonchev–Trinajstić information content (AvgIpc) is 3.81. The van der Waals surface area contributed by atoms with E-state index in [4.69, 9.17) is 21.1 Å². The van der Waals surface area contributed by atoms with Crippen LogP contribution in [0.3, 0.4) is 0 Å². The van der Waals surface area contributed by atoms with Crippen LogP contribution in [0.2, 0.25) is 5.02 Å². The van der Waals surface area contributed by atoms with E-state index in [1.807, 2.05) is 6.08 Å². The normalized spacial score (nSPS) is 16.0. The van der Waals surface area contributed by atoms with E-state index in [-0.39, 0.29) is 16.9 Å². The number of anilines is 3. The Morgan fingerprint density at radius 3 is 2.65 bits per heavy atom. The first-order valence-corrected chi connectivity index (χ1v) is 15.0. The minimum atomic E-state index is -0.512. The smallest absolute Gasteiger partial charge is 0.320 e. The molecule has 1 amide bonds. The fourth-order valence-electron chi connectivity index (χ4n) is 4.86. The van der Waals surface area contributed by atoms with Gasteiger partial charge in [-0.2, -0.15) is 0 Å². The molecule has 1 aromatic heterocycles. The summed E-state index contributed by atoms with van der Waals surface area (Å²) >= 11 is 5.96. The summed E-state index contributed by atoms with van der Waals surface area (Å²) in [5, 5.41) is 6.77. The maximum absolute atomic E-state index is 13.7. The van der Waals surface area contributed by atoms with E-state index in [9.17, 15) is 14.0 Å². The third-order valence-electron chi connectivity index (χ3n) is 7.41. The molecule has 3 aromatic rings.